The van der Waals surface area contributed by atoms with Gasteiger partial charge < -0.3 is 20.3 Å². The van der Waals surface area contributed by atoms with E-state index < -0.39 is 0 Å². The lowest BCUT2D eigenvalue weighted by Crippen LogP contribution is -2.36. The summed E-state index contributed by atoms with van der Waals surface area (Å²) in [4.78, 5) is 19.9. The van der Waals surface area contributed by atoms with Crippen molar-refractivity contribution in [2.75, 3.05) is 41.8 Å². The number of rotatable bonds is 4. The maximum Gasteiger partial charge on any atom is 0.323 e. The van der Waals surface area contributed by atoms with Crippen LogP contribution >= 0.6 is 0 Å². The van der Waals surface area contributed by atoms with Crippen LogP contribution in [0.1, 0.15) is 11.1 Å². The van der Waals surface area contributed by atoms with Gasteiger partial charge in [-0.15, -0.1) is 0 Å². The Hall–Kier alpha value is -3.90. The molecule has 34 heavy (non-hydrogen) atoms. The van der Waals surface area contributed by atoms with Crippen molar-refractivity contribution < 1.29 is 9.53 Å². The van der Waals surface area contributed by atoms with E-state index in [2.05, 4.69) is 52.8 Å². The summed E-state index contributed by atoms with van der Waals surface area (Å²) in [5.74, 6) is 0. The van der Waals surface area contributed by atoms with E-state index in [0.29, 0.717) is 13.2 Å². The summed E-state index contributed by atoms with van der Waals surface area (Å²) in [6, 6.07) is 23.9. The summed E-state index contributed by atoms with van der Waals surface area (Å²) in [5.41, 5.74) is 7.81. The van der Waals surface area contributed by atoms with Crippen molar-refractivity contribution in [3.63, 3.8) is 0 Å². The van der Waals surface area contributed by atoms with Gasteiger partial charge >= 0.3 is 6.03 Å². The standard InChI is InChI=1S/C28H28N4O2/c1-19-6-8-21(9-7-19)26-18-27(32-12-14-34-15-13-32)24-17-23(10-11-25(24)31-26)30-28(33)29-22-5-3-4-20(2)16-22/h3-11,16-18H,12-15H2,1-2H3,(H2,29,30,33). The summed E-state index contributed by atoms with van der Waals surface area (Å²) in [6.07, 6.45) is 0. The third kappa shape index (κ3) is 4.87. The van der Waals surface area contributed by atoms with Gasteiger partial charge in [-0.2, -0.15) is 0 Å². The second-order valence-electron chi connectivity index (χ2n) is 8.67. The zero-order valence-electron chi connectivity index (χ0n) is 19.5. The summed E-state index contributed by atoms with van der Waals surface area (Å²) < 4.78 is 5.58. The molecule has 1 aromatic heterocycles. The maximum atomic E-state index is 12.6. The molecule has 0 radical (unpaired) electrons. The van der Waals surface area contributed by atoms with Crippen molar-refractivity contribution in [2.45, 2.75) is 13.8 Å². The Morgan fingerprint density at radius 3 is 2.32 bits per heavy atom. The van der Waals surface area contributed by atoms with Crippen LogP contribution in [0.5, 0.6) is 0 Å². The number of anilines is 3. The largest absolute Gasteiger partial charge is 0.378 e. The average molecular weight is 453 g/mol. The topological polar surface area (TPSA) is 66.5 Å². The number of ether oxygens (including phenoxy) is 1. The van der Waals surface area contributed by atoms with Crippen LogP contribution in [0.4, 0.5) is 21.9 Å². The molecule has 0 saturated carbocycles. The van der Waals surface area contributed by atoms with Crippen LogP contribution in [0.25, 0.3) is 22.2 Å². The number of urea groups is 1. The fourth-order valence-corrected chi connectivity index (χ4v) is 4.24. The maximum absolute atomic E-state index is 12.6. The van der Waals surface area contributed by atoms with Crippen LogP contribution < -0.4 is 15.5 Å². The predicted molar refractivity (Wildman–Crippen MR) is 139 cm³/mol. The van der Waals surface area contributed by atoms with Gasteiger partial charge in [-0.25, -0.2) is 9.78 Å². The summed E-state index contributed by atoms with van der Waals surface area (Å²) in [6.45, 7) is 7.11. The van der Waals surface area contributed by atoms with Crippen molar-refractivity contribution in [1.82, 2.24) is 4.98 Å². The highest BCUT2D eigenvalue weighted by atomic mass is 16.5. The second kappa shape index (κ2) is 9.53. The molecule has 6 heteroatoms. The monoisotopic (exact) mass is 452 g/mol. The van der Waals surface area contributed by atoms with Crippen LogP contribution in [0, 0.1) is 13.8 Å². The third-order valence-corrected chi connectivity index (χ3v) is 6.02. The number of aryl methyl sites for hydroxylation is 2. The van der Waals surface area contributed by atoms with E-state index in [1.54, 1.807) is 0 Å². The van der Waals surface area contributed by atoms with Crippen LogP contribution in [0.3, 0.4) is 0 Å². The first-order chi connectivity index (χ1) is 16.5. The Morgan fingerprint density at radius 2 is 1.59 bits per heavy atom. The molecule has 5 rings (SSSR count). The molecule has 2 amide bonds. The molecule has 2 heterocycles. The van der Waals surface area contributed by atoms with E-state index in [-0.39, 0.29) is 6.03 Å². The second-order valence-corrected chi connectivity index (χ2v) is 8.67. The first-order valence-electron chi connectivity index (χ1n) is 11.5. The Labute approximate surface area is 199 Å². The number of carbonyl (C=O) groups is 1. The van der Waals surface area contributed by atoms with Gasteiger partial charge in [0.15, 0.2) is 0 Å². The number of nitrogens with one attached hydrogen (secondary N) is 2. The molecular weight excluding hydrogens is 424 g/mol. The first-order valence-corrected chi connectivity index (χ1v) is 11.5. The highest BCUT2D eigenvalue weighted by Crippen LogP contribution is 2.33. The lowest BCUT2D eigenvalue weighted by atomic mass is 10.0. The van der Waals surface area contributed by atoms with E-state index in [9.17, 15) is 4.79 Å². The fourth-order valence-electron chi connectivity index (χ4n) is 4.24. The van der Waals surface area contributed by atoms with Crippen molar-refractivity contribution >= 4 is 34.0 Å². The van der Waals surface area contributed by atoms with Crippen molar-refractivity contribution in [2.24, 2.45) is 0 Å². The zero-order chi connectivity index (χ0) is 23.5. The first kappa shape index (κ1) is 21.9. The Kier molecular flexibility index (Phi) is 6.14. The Balaban J connectivity index is 1.49. The number of hydrogen-bond acceptors (Lipinski definition) is 4. The van der Waals surface area contributed by atoms with Crippen molar-refractivity contribution in [3.05, 3.63) is 83.9 Å². The molecule has 6 nitrogen and oxygen atoms in total. The molecule has 1 aliphatic rings. The summed E-state index contributed by atoms with van der Waals surface area (Å²) in [5, 5.41) is 6.87. The number of amides is 2. The van der Waals surface area contributed by atoms with Crippen molar-refractivity contribution in [3.8, 4) is 11.3 Å². The van der Waals surface area contributed by atoms with Crippen LogP contribution in [-0.4, -0.2) is 37.3 Å². The Bertz CT molecular complexity index is 1330. The number of nitrogens with zero attached hydrogens (tertiary/aromatic N) is 2. The van der Waals surface area contributed by atoms with E-state index >= 15 is 0 Å². The Morgan fingerprint density at radius 1 is 0.853 bits per heavy atom. The number of morpholine rings is 1. The molecule has 3 aromatic carbocycles. The highest BCUT2D eigenvalue weighted by Gasteiger charge is 2.17. The van der Waals surface area contributed by atoms with E-state index in [1.807, 2.05) is 49.4 Å². The van der Waals surface area contributed by atoms with Crippen LogP contribution in [-0.2, 0) is 4.74 Å². The van der Waals surface area contributed by atoms with Gasteiger partial charge in [0.25, 0.3) is 0 Å². The molecule has 4 aromatic rings. The number of carbonyl (C=O) groups excluding carboxylic acids is 1. The molecule has 172 valence electrons. The highest BCUT2D eigenvalue weighted by molar-refractivity contribution is 6.03. The normalized spacial score (nSPS) is 13.6. The molecule has 0 atom stereocenters. The molecule has 0 bridgehead atoms. The molecule has 1 aliphatic heterocycles. The lowest BCUT2D eigenvalue weighted by Gasteiger charge is -2.30. The minimum atomic E-state index is -0.276. The number of fused-ring (bicyclic) bond motifs is 1. The van der Waals surface area contributed by atoms with E-state index in [1.165, 1.54) is 5.56 Å². The van der Waals surface area contributed by atoms with Gasteiger partial charge in [0.2, 0.25) is 0 Å². The van der Waals surface area contributed by atoms with Gasteiger partial charge in [0, 0.05) is 41.1 Å². The lowest BCUT2D eigenvalue weighted by molar-refractivity contribution is 0.123. The van der Waals surface area contributed by atoms with E-state index in [4.69, 9.17) is 9.72 Å². The molecule has 0 aliphatic carbocycles. The van der Waals surface area contributed by atoms with Gasteiger partial charge in [-0.05, 0) is 55.8 Å². The number of aromatic nitrogens is 1. The third-order valence-electron chi connectivity index (χ3n) is 6.02. The number of hydrogen-bond donors (Lipinski definition) is 2. The molecule has 1 fully saturated rings. The minimum absolute atomic E-state index is 0.276. The fraction of sp³-hybridized carbons (Fsp3) is 0.214. The van der Waals surface area contributed by atoms with Gasteiger partial charge in [-0.1, -0.05) is 42.0 Å². The molecule has 2 N–H and O–H groups in total. The smallest absolute Gasteiger partial charge is 0.323 e. The van der Waals surface area contributed by atoms with Gasteiger partial charge in [0.05, 0.1) is 24.4 Å². The van der Waals surface area contributed by atoms with Crippen LogP contribution in [0.2, 0.25) is 0 Å². The minimum Gasteiger partial charge on any atom is -0.378 e. The average Bonchev–Trinajstić information content (AvgIpc) is 2.84. The zero-order valence-corrected chi connectivity index (χ0v) is 19.5. The van der Waals surface area contributed by atoms with Gasteiger partial charge in [-0.3, -0.25) is 0 Å². The number of benzene rings is 3. The molecular formula is C28H28N4O2. The van der Waals surface area contributed by atoms with E-state index in [0.717, 1.165) is 57.9 Å². The quantitative estimate of drug-likeness (QED) is 0.399. The van der Waals surface area contributed by atoms with Gasteiger partial charge in [0.1, 0.15) is 0 Å². The van der Waals surface area contributed by atoms with Crippen molar-refractivity contribution in [1.29, 1.82) is 0 Å². The van der Waals surface area contributed by atoms with Crippen LogP contribution in [0.15, 0.2) is 72.8 Å². The summed E-state index contributed by atoms with van der Waals surface area (Å²) >= 11 is 0. The SMILES string of the molecule is Cc1ccc(-c2cc(N3CCOCC3)c3cc(NC(=O)Nc4cccc(C)c4)ccc3n2)cc1. The molecule has 0 spiro atoms. The molecule has 0 unspecified atom stereocenters. The number of pyridine rings is 1. The summed E-state index contributed by atoms with van der Waals surface area (Å²) in [7, 11) is 0. The molecule has 1 saturated heterocycles. The predicted octanol–water partition coefficient (Wildman–Crippen LogP) is 6.00.